The second-order valence-electron chi connectivity index (χ2n) is 4.76. The van der Waals surface area contributed by atoms with Crippen molar-refractivity contribution in [1.82, 2.24) is 9.97 Å². The first kappa shape index (κ1) is 15.7. The Labute approximate surface area is 128 Å². The summed E-state index contributed by atoms with van der Waals surface area (Å²) in [5.41, 5.74) is 0.550. The molecule has 0 unspecified atom stereocenters. The van der Waals surface area contributed by atoms with E-state index < -0.39 is 0 Å². The molecular formula is C15H21N3O2S. The third-order valence-corrected chi connectivity index (χ3v) is 4.07. The molecule has 0 aliphatic heterocycles. The number of carbonyl (C=O) groups is 1. The number of fused-ring (bicyclic) bond motifs is 1. The fraction of sp³-hybridized carbons (Fsp3) is 0.533. The maximum Gasteiger partial charge on any atom is 0.339 e. The molecule has 2 rings (SSSR count). The highest BCUT2D eigenvalue weighted by Gasteiger charge is 2.17. The van der Waals surface area contributed by atoms with Crippen LogP contribution in [0.5, 0.6) is 0 Å². The minimum Gasteiger partial charge on any atom is -0.462 e. The summed E-state index contributed by atoms with van der Waals surface area (Å²) in [6.07, 6.45) is 6.29. The van der Waals surface area contributed by atoms with Crippen LogP contribution in [0.2, 0.25) is 0 Å². The molecule has 2 heterocycles. The first-order valence-corrected chi connectivity index (χ1v) is 8.29. The van der Waals surface area contributed by atoms with Crippen molar-refractivity contribution in [3.05, 3.63) is 17.3 Å². The standard InChI is InChI=1S/C15H21N3O2S/c1-3-5-6-7-8-16-13-12-11(15(19)20-4-2)9-21-14(12)18-10-17-13/h9-10H,3-8H2,1-2H3,(H,16,17,18). The van der Waals surface area contributed by atoms with E-state index in [4.69, 9.17) is 4.74 Å². The number of hydrogen-bond donors (Lipinski definition) is 1. The van der Waals surface area contributed by atoms with Gasteiger partial charge in [0, 0.05) is 11.9 Å². The van der Waals surface area contributed by atoms with Gasteiger partial charge in [0.15, 0.2) is 0 Å². The molecule has 6 heteroatoms. The fourth-order valence-corrected chi connectivity index (χ4v) is 3.00. The molecule has 0 radical (unpaired) electrons. The number of rotatable bonds is 8. The van der Waals surface area contributed by atoms with E-state index >= 15 is 0 Å². The van der Waals surface area contributed by atoms with E-state index in [9.17, 15) is 4.79 Å². The van der Waals surface area contributed by atoms with Gasteiger partial charge < -0.3 is 10.1 Å². The average Bonchev–Trinajstić information content (AvgIpc) is 2.92. The van der Waals surface area contributed by atoms with Crippen LogP contribution in [0.3, 0.4) is 0 Å². The Kier molecular flexibility index (Phi) is 5.92. The molecule has 0 fully saturated rings. The largest absolute Gasteiger partial charge is 0.462 e. The summed E-state index contributed by atoms with van der Waals surface area (Å²) in [4.78, 5) is 21.3. The highest BCUT2D eigenvalue weighted by Crippen LogP contribution is 2.29. The zero-order valence-electron chi connectivity index (χ0n) is 12.5. The van der Waals surface area contributed by atoms with Gasteiger partial charge in [-0.05, 0) is 13.3 Å². The lowest BCUT2D eigenvalue weighted by Gasteiger charge is -2.07. The van der Waals surface area contributed by atoms with E-state index in [-0.39, 0.29) is 5.97 Å². The minimum absolute atomic E-state index is 0.312. The van der Waals surface area contributed by atoms with Gasteiger partial charge in [-0.1, -0.05) is 26.2 Å². The summed E-state index contributed by atoms with van der Waals surface area (Å²) in [5.74, 6) is 0.411. The van der Waals surface area contributed by atoms with Crippen LogP contribution in [0.15, 0.2) is 11.7 Å². The predicted octanol–water partition coefficient (Wildman–Crippen LogP) is 3.86. The zero-order valence-corrected chi connectivity index (χ0v) is 13.3. The van der Waals surface area contributed by atoms with Gasteiger partial charge in [0.25, 0.3) is 0 Å². The van der Waals surface area contributed by atoms with Crippen LogP contribution >= 0.6 is 11.3 Å². The topological polar surface area (TPSA) is 64.1 Å². The molecule has 0 aliphatic rings. The molecular weight excluding hydrogens is 286 g/mol. The second-order valence-corrected chi connectivity index (χ2v) is 5.62. The van der Waals surface area contributed by atoms with Crippen LogP contribution < -0.4 is 5.32 Å². The summed E-state index contributed by atoms with van der Waals surface area (Å²) in [5, 5.41) is 5.88. The normalized spacial score (nSPS) is 10.8. The third-order valence-electron chi connectivity index (χ3n) is 3.19. The number of thiophene rings is 1. The quantitative estimate of drug-likeness (QED) is 0.592. The number of anilines is 1. The molecule has 0 aliphatic carbocycles. The molecule has 1 N–H and O–H groups in total. The number of carbonyl (C=O) groups excluding carboxylic acids is 1. The van der Waals surface area contributed by atoms with Gasteiger partial charge in [-0.3, -0.25) is 0 Å². The SMILES string of the molecule is CCCCCCNc1ncnc2scc(C(=O)OCC)c12. The first-order valence-electron chi connectivity index (χ1n) is 7.41. The molecule has 0 spiro atoms. The van der Waals surface area contributed by atoms with Crippen LogP contribution in [0.4, 0.5) is 5.82 Å². The van der Waals surface area contributed by atoms with E-state index in [1.807, 2.05) is 0 Å². The molecule has 5 nitrogen and oxygen atoms in total. The van der Waals surface area contributed by atoms with E-state index in [1.54, 1.807) is 12.3 Å². The van der Waals surface area contributed by atoms with E-state index in [1.165, 1.54) is 36.9 Å². The van der Waals surface area contributed by atoms with Crippen molar-refractivity contribution in [3.8, 4) is 0 Å². The van der Waals surface area contributed by atoms with Crippen LogP contribution in [-0.4, -0.2) is 29.1 Å². The first-order chi connectivity index (χ1) is 10.3. The summed E-state index contributed by atoms with van der Waals surface area (Å²) in [7, 11) is 0. The summed E-state index contributed by atoms with van der Waals surface area (Å²) < 4.78 is 5.09. The fourth-order valence-electron chi connectivity index (χ4n) is 2.13. The van der Waals surface area contributed by atoms with Crippen molar-refractivity contribution >= 4 is 33.3 Å². The van der Waals surface area contributed by atoms with Gasteiger partial charge in [-0.25, -0.2) is 14.8 Å². The molecule has 0 saturated heterocycles. The lowest BCUT2D eigenvalue weighted by molar-refractivity contribution is 0.0529. The van der Waals surface area contributed by atoms with E-state index in [0.29, 0.717) is 12.2 Å². The van der Waals surface area contributed by atoms with Gasteiger partial charge in [-0.15, -0.1) is 11.3 Å². The zero-order chi connectivity index (χ0) is 15.1. The number of unbranched alkanes of at least 4 members (excludes halogenated alkanes) is 3. The number of nitrogens with one attached hydrogen (secondary N) is 1. The van der Waals surface area contributed by atoms with Gasteiger partial charge in [0.2, 0.25) is 0 Å². The van der Waals surface area contributed by atoms with Crippen LogP contribution in [0.1, 0.15) is 49.9 Å². The lowest BCUT2D eigenvalue weighted by Crippen LogP contribution is -2.07. The number of aromatic nitrogens is 2. The Bertz CT molecular complexity index is 598. The maximum atomic E-state index is 12.0. The van der Waals surface area contributed by atoms with Crippen molar-refractivity contribution < 1.29 is 9.53 Å². The smallest absolute Gasteiger partial charge is 0.339 e. The second kappa shape index (κ2) is 7.93. The number of ether oxygens (including phenoxy) is 1. The third kappa shape index (κ3) is 3.91. The molecule has 2 aromatic rings. The van der Waals surface area contributed by atoms with Crippen LogP contribution in [-0.2, 0) is 4.74 Å². The predicted molar refractivity (Wildman–Crippen MR) is 86.0 cm³/mol. The number of nitrogens with zero attached hydrogens (tertiary/aromatic N) is 2. The Morgan fingerprint density at radius 3 is 2.90 bits per heavy atom. The van der Waals surface area contributed by atoms with Gasteiger partial charge in [0.05, 0.1) is 17.6 Å². The van der Waals surface area contributed by atoms with Crippen LogP contribution in [0.25, 0.3) is 10.2 Å². The maximum absolute atomic E-state index is 12.0. The van der Waals surface area contributed by atoms with Gasteiger partial charge in [-0.2, -0.15) is 0 Å². The Balaban J connectivity index is 2.15. The molecule has 0 aromatic carbocycles. The van der Waals surface area contributed by atoms with Gasteiger partial charge in [0.1, 0.15) is 17.0 Å². The van der Waals surface area contributed by atoms with E-state index in [0.717, 1.165) is 29.0 Å². The molecule has 0 bridgehead atoms. The van der Waals surface area contributed by atoms with Crippen molar-refractivity contribution in [2.24, 2.45) is 0 Å². The number of esters is 1. The van der Waals surface area contributed by atoms with Gasteiger partial charge >= 0.3 is 5.97 Å². The molecule has 0 amide bonds. The highest BCUT2D eigenvalue weighted by molar-refractivity contribution is 7.17. The molecule has 21 heavy (non-hydrogen) atoms. The summed E-state index contributed by atoms with van der Waals surface area (Å²) >= 11 is 1.44. The van der Waals surface area contributed by atoms with Crippen LogP contribution in [0, 0.1) is 0 Å². The van der Waals surface area contributed by atoms with Crippen molar-refractivity contribution in [1.29, 1.82) is 0 Å². The summed E-state index contributed by atoms with van der Waals surface area (Å²) in [6.45, 7) is 5.21. The summed E-state index contributed by atoms with van der Waals surface area (Å²) in [6, 6.07) is 0. The minimum atomic E-state index is -0.312. The Morgan fingerprint density at radius 1 is 1.29 bits per heavy atom. The van der Waals surface area contributed by atoms with Crippen molar-refractivity contribution in [2.75, 3.05) is 18.5 Å². The number of hydrogen-bond acceptors (Lipinski definition) is 6. The monoisotopic (exact) mass is 307 g/mol. The highest BCUT2D eigenvalue weighted by atomic mass is 32.1. The lowest BCUT2D eigenvalue weighted by atomic mass is 10.2. The van der Waals surface area contributed by atoms with Crippen molar-refractivity contribution in [2.45, 2.75) is 39.5 Å². The average molecular weight is 307 g/mol. The Hall–Kier alpha value is -1.69. The molecule has 0 saturated carbocycles. The van der Waals surface area contributed by atoms with E-state index in [2.05, 4.69) is 22.2 Å². The van der Waals surface area contributed by atoms with Crippen molar-refractivity contribution in [3.63, 3.8) is 0 Å². The molecule has 0 atom stereocenters. The molecule has 114 valence electrons. The molecule has 2 aromatic heterocycles. The Morgan fingerprint density at radius 2 is 2.14 bits per heavy atom.